The Balaban J connectivity index is 3.14. The second-order valence-electron chi connectivity index (χ2n) is 3.98. The molecule has 0 saturated heterocycles. The fourth-order valence-electron chi connectivity index (χ4n) is 1.68. The van der Waals surface area contributed by atoms with Gasteiger partial charge >= 0.3 is 0 Å². The summed E-state index contributed by atoms with van der Waals surface area (Å²) in [6.07, 6.45) is 12.6. The zero-order valence-electron chi connectivity index (χ0n) is 11.2. The van der Waals surface area contributed by atoms with Crippen LogP contribution in [-0.2, 0) is 0 Å². The number of rotatable bonds is 5. The van der Waals surface area contributed by atoms with Crippen LogP contribution in [0.3, 0.4) is 0 Å². The molecule has 18 heavy (non-hydrogen) atoms. The van der Waals surface area contributed by atoms with Gasteiger partial charge in [-0.3, -0.25) is 0 Å². The second-order valence-corrected chi connectivity index (χ2v) is 4.56. The summed E-state index contributed by atoms with van der Waals surface area (Å²) in [6, 6.07) is 0. The Hall–Kier alpha value is -1.41. The molecule has 0 unspecified atom stereocenters. The lowest BCUT2D eigenvalue weighted by Crippen LogP contribution is -1.77. The molecule has 2 heteroatoms. The molecule has 1 aromatic rings. The van der Waals surface area contributed by atoms with Crippen LogP contribution in [0.15, 0.2) is 34.1 Å². The van der Waals surface area contributed by atoms with Crippen molar-refractivity contribution in [3.05, 3.63) is 52.4 Å². The van der Waals surface area contributed by atoms with Gasteiger partial charge in [-0.1, -0.05) is 30.9 Å². The third-order valence-corrected chi connectivity index (χ3v) is 2.95. The van der Waals surface area contributed by atoms with E-state index in [2.05, 4.69) is 25.3 Å². The summed E-state index contributed by atoms with van der Waals surface area (Å²) in [5, 5.41) is 0. The van der Waals surface area contributed by atoms with Crippen molar-refractivity contribution in [2.45, 2.75) is 27.2 Å². The van der Waals surface area contributed by atoms with Crippen molar-refractivity contribution in [1.82, 2.24) is 0 Å². The van der Waals surface area contributed by atoms with E-state index in [1.807, 2.05) is 51.2 Å². The number of furan rings is 1. The fraction of sp³-hybridized carbons (Fsp3) is 0.250. The number of allylic oxidation sites excluding steroid dienone is 4. The van der Waals surface area contributed by atoms with Crippen LogP contribution in [0.1, 0.15) is 42.9 Å². The highest BCUT2D eigenvalue weighted by molar-refractivity contribution is 7.84. The van der Waals surface area contributed by atoms with E-state index in [4.69, 9.17) is 4.42 Å². The van der Waals surface area contributed by atoms with Crippen molar-refractivity contribution in [3.8, 4) is 0 Å². The topological polar surface area (TPSA) is 13.1 Å². The lowest BCUT2D eigenvalue weighted by molar-refractivity contribution is 0.544. The van der Waals surface area contributed by atoms with E-state index in [-0.39, 0.29) is 0 Å². The monoisotopic (exact) mass is 260 g/mol. The fourth-order valence-corrected chi connectivity index (χ4v) is 1.91. The molecule has 0 atom stereocenters. The Bertz CT molecular complexity index is 501. The van der Waals surface area contributed by atoms with Gasteiger partial charge in [0.2, 0.25) is 0 Å². The Kier molecular flexibility index (Phi) is 5.79. The highest BCUT2D eigenvalue weighted by Crippen LogP contribution is 2.27. The van der Waals surface area contributed by atoms with Crippen molar-refractivity contribution < 1.29 is 4.42 Å². The summed E-state index contributed by atoms with van der Waals surface area (Å²) < 4.78 is 5.82. The quantitative estimate of drug-likeness (QED) is 0.545. The van der Waals surface area contributed by atoms with Gasteiger partial charge in [0.1, 0.15) is 11.5 Å². The lowest BCUT2D eigenvalue weighted by atomic mass is 10.1. The van der Waals surface area contributed by atoms with E-state index in [9.17, 15) is 0 Å². The van der Waals surface area contributed by atoms with Gasteiger partial charge in [-0.25, -0.2) is 0 Å². The molecule has 0 spiro atoms. The molecule has 1 nitrogen and oxygen atoms in total. The minimum absolute atomic E-state index is 0.822. The molecule has 1 rings (SSSR count). The largest absolute Gasteiger partial charge is 0.456 e. The van der Waals surface area contributed by atoms with E-state index in [0.717, 1.165) is 34.0 Å². The molecule has 0 aromatic carbocycles. The van der Waals surface area contributed by atoms with E-state index >= 15 is 0 Å². The molecule has 0 bridgehead atoms. The average Bonchev–Trinajstić information content (AvgIpc) is 2.63. The molecular weight excluding hydrogens is 240 g/mol. The van der Waals surface area contributed by atoms with Crippen LogP contribution in [-0.4, -0.2) is 0 Å². The normalized spacial score (nSPS) is 12.8. The Morgan fingerprint density at radius 3 is 2.56 bits per heavy atom. The highest BCUT2D eigenvalue weighted by atomic mass is 32.1. The van der Waals surface area contributed by atoms with Crippen LogP contribution in [0.2, 0.25) is 0 Å². The van der Waals surface area contributed by atoms with Crippen molar-refractivity contribution in [3.63, 3.8) is 0 Å². The Morgan fingerprint density at radius 1 is 1.28 bits per heavy atom. The SMILES string of the molecule is C=Cc1c(/C=C\C)oc(/C=C(/S)C/C=C\C)c1C. The van der Waals surface area contributed by atoms with Gasteiger partial charge in [-0.15, -0.1) is 12.6 Å². The predicted molar refractivity (Wildman–Crippen MR) is 84.6 cm³/mol. The first-order valence-corrected chi connectivity index (χ1v) is 6.48. The maximum Gasteiger partial charge on any atom is 0.134 e. The van der Waals surface area contributed by atoms with Crippen LogP contribution in [0.25, 0.3) is 18.2 Å². The Labute approximate surface area is 115 Å². The van der Waals surface area contributed by atoms with Crippen molar-refractivity contribution in [1.29, 1.82) is 0 Å². The molecule has 0 aliphatic heterocycles. The average molecular weight is 260 g/mol. The zero-order valence-corrected chi connectivity index (χ0v) is 12.1. The maximum absolute atomic E-state index is 5.82. The first-order chi connectivity index (χ1) is 8.63. The summed E-state index contributed by atoms with van der Waals surface area (Å²) in [5.41, 5.74) is 2.15. The van der Waals surface area contributed by atoms with Crippen molar-refractivity contribution in [2.75, 3.05) is 0 Å². The summed E-state index contributed by atoms with van der Waals surface area (Å²) in [5.74, 6) is 1.70. The zero-order chi connectivity index (χ0) is 13.5. The third kappa shape index (κ3) is 3.54. The minimum Gasteiger partial charge on any atom is -0.456 e. The van der Waals surface area contributed by atoms with E-state index in [0.29, 0.717) is 0 Å². The van der Waals surface area contributed by atoms with Crippen LogP contribution < -0.4 is 0 Å². The lowest BCUT2D eigenvalue weighted by Gasteiger charge is -1.95. The highest BCUT2D eigenvalue weighted by Gasteiger charge is 2.11. The molecule has 0 aliphatic rings. The van der Waals surface area contributed by atoms with Crippen LogP contribution in [0.4, 0.5) is 0 Å². The number of thiol groups is 1. The van der Waals surface area contributed by atoms with E-state index < -0.39 is 0 Å². The van der Waals surface area contributed by atoms with Gasteiger partial charge in [0, 0.05) is 11.1 Å². The molecule has 0 N–H and O–H groups in total. The predicted octanol–water partition coefficient (Wildman–Crippen LogP) is 5.50. The van der Waals surface area contributed by atoms with Gasteiger partial charge in [0.05, 0.1) is 0 Å². The van der Waals surface area contributed by atoms with Gasteiger partial charge in [0.25, 0.3) is 0 Å². The van der Waals surface area contributed by atoms with Crippen LogP contribution >= 0.6 is 12.6 Å². The molecule has 1 aromatic heterocycles. The molecule has 0 fully saturated rings. The van der Waals surface area contributed by atoms with E-state index in [1.165, 1.54) is 0 Å². The summed E-state index contributed by atoms with van der Waals surface area (Å²) >= 11 is 4.45. The molecule has 0 radical (unpaired) electrons. The molecule has 96 valence electrons. The summed E-state index contributed by atoms with van der Waals surface area (Å²) in [4.78, 5) is 0.979. The van der Waals surface area contributed by atoms with E-state index in [1.54, 1.807) is 0 Å². The molecule has 1 heterocycles. The minimum atomic E-state index is 0.822. The summed E-state index contributed by atoms with van der Waals surface area (Å²) in [6.45, 7) is 9.84. The van der Waals surface area contributed by atoms with Crippen molar-refractivity contribution in [2.24, 2.45) is 0 Å². The third-order valence-electron chi connectivity index (χ3n) is 2.64. The smallest absolute Gasteiger partial charge is 0.134 e. The number of hydrogen-bond acceptors (Lipinski definition) is 2. The second kappa shape index (κ2) is 7.12. The van der Waals surface area contributed by atoms with Gasteiger partial charge in [-0.2, -0.15) is 0 Å². The van der Waals surface area contributed by atoms with Gasteiger partial charge in [-0.05, 0) is 44.2 Å². The molecule has 0 amide bonds. The Morgan fingerprint density at radius 2 is 2.00 bits per heavy atom. The van der Waals surface area contributed by atoms with Gasteiger partial charge in [0.15, 0.2) is 0 Å². The molecule has 0 saturated carbocycles. The first-order valence-electron chi connectivity index (χ1n) is 6.03. The molecule has 0 aliphatic carbocycles. The summed E-state index contributed by atoms with van der Waals surface area (Å²) in [7, 11) is 0. The number of hydrogen-bond donors (Lipinski definition) is 1. The van der Waals surface area contributed by atoms with Crippen LogP contribution in [0.5, 0.6) is 0 Å². The van der Waals surface area contributed by atoms with Crippen LogP contribution in [0, 0.1) is 6.92 Å². The first kappa shape index (κ1) is 14.7. The maximum atomic E-state index is 5.82. The van der Waals surface area contributed by atoms with Gasteiger partial charge < -0.3 is 4.42 Å². The standard InChI is InChI=1S/C16H20OS/c1-5-8-10-13(18)11-16-12(4)14(7-3)15(17-16)9-6-2/h5-9,11,18H,3,10H2,1-2,4H3/b8-5-,9-6-,13-11+. The molecular formula is C16H20OS. The van der Waals surface area contributed by atoms with Crippen molar-refractivity contribution >= 4 is 30.9 Å².